The summed E-state index contributed by atoms with van der Waals surface area (Å²) in [5.74, 6) is 0. The SMILES string of the molecule is CCO.O=[P+]([O-])O[P+](=O)[O-].[Ag]. The Kier molecular flexibility index (Phi) is 21.6. The Morgan fingerprint density at radius 2 is 1.55 bits per heavy atom. The van der Waals surface area contributed by atoms with E-state index in [1.54, 1.807) is 6.92 Å². The minimum absolute atomic E-state index is 0. The molecule has 0 aromatic heterocycles. The Morgan fingerprint density at radius 3 is 1.55 bits per heavy atom. The molecule has 0 amide bonds. The van der Waals surface area contributed by atoms with Crippen molar-refractivity contribution in [1.29, 1.82) is 0 Å². The summed E-state index contributed by atoms with van der Waals surface area (Å²) in [5.41, 5.74) is 0. The van der Waals surface area contributed by atoms with Gasteiger partial charge in [0.1, 0.15) is 4.31 Å². The molecule has 6 nitrogen and oxygen atoms in total. The van der Waals surface area contributed by atoms with Crippen LogP contribution >= 0.6 is 16.5 Å². The van der Waals surface area contributed by atoms with Crippen LogP contribution in [0.3, 0.4) is 0 Å². The largest absolute Gasteiger partial charge is 0.563 e. The fourth-order valence-corrected chi connectivity index (χ4v) is 0.490. The first kappa shape index (κ1) is 17.8. The molecule has 0 spiro atoms. The molecule has 2 atom stereocenters. The van der Waals surface area contributed by atoms with Gasteiger partial charge >= 0.3 is 16.5 Å². The van der Waals surface area contributed by atoms with Gasteiger partial charge in [-0.05, 0) is 16.1 Å². The van der Waals surface area contributed by atoms with Crippen molar-refractivity contribution in [2.45, 2.75) is 6.92 Å². The molecule has 0 aromatic carbocycles. The van der Waals surface area contributed by atoms with Gasteiger partial charge in [-0.1, -0.05) is 0 Å². The zero-order valence-corrected chi connectivity index (χ0v) is 8.66. The molecule has 71 valence electrons. The zero-order valence-electron chi connectivity index (χ0n) is 5.39. The Morgan fingerprint density at radius 1 is 1.36 bits per heavy atom. The molecule has 9 heteroatoms. The van der Waals surface area contributed by atoms with E-state index in [-0.39, 0.29) is 29.0 Å². The van der Waals surface area contributed by atoms with Gasteiger partial charge in [0.25, 0.3) is 0 Å². The predicted octanol–water partition coefficient (Wildman–Crippen LogP) is -0.966. The van der Waals surface area contributed by atoms with Crippen molar-refractivity contribution in [1.82, 2.24) is 0 Å². The first-order valence-electron chi connectivity index (χ1n) is 2.12. The first-order valence-corrected chi connectivity index (χ1v) is 4.31. The summed E-state index contributed by atoms with van der Waals surface area (Å²) in [4.78, 5) is 18.5. The third-order valence-electron chi connectivity index (χ3n) is 0.133. The van der Waals surface area contributed by atoms with E-state index >= 15 is 0 Å². The number of hydrogen-bond donors (Lipinski definition) is 1. The van der Waals surface area contributed by atoms with Crippen LogP contribution in [0, 0.1) is 0 Å². The molecular formula is C2H6AgO6P2. The Bertz CT molecular complexity index is 105. The van der Waals surface area contributed by atoms with Gasteiger partial charge in [0.05, 0.1) is 0 Å². The zero-order chi connectivity index (χ0) is 8.57. The number of aliphatic hydroxyl groups is 1. The summed E-state index contributed by atoms with van der Waals surface area (Å²) in [6, 6.07) is 0. The molecule has 0 aliphatic rings. The van der Waals surface area contributed by atoms with Crippen molar-refractivity contribution in [3.8, 4) is 0 Å². The van der Waals surface area contributed by atoms with Crippen LogP contribution in [0.2, 0.25) is 0 Å². The summed E-state index contributed by atoms with van der Waals surface area (Å²) in [7, 11) is -6.47. The van der Waals surface area contributed by atoms with Crippen molar-refractivity contribution >= 4 is 16.5 Å². The second kappa shape index (κ2) is 13.4. The summed E-state index contributed by atoms with van der Waals surface area (Å²) >= 11 is 0. The number of rotatable bonds is 2. The van der Waals surface area contributed by atoms with E-state index in [1.807, 2.05) is 0 Å². The first-order chi connectivity index (χ1) is 4.54. The van der Waals surface area contributed by atoms with Crippen molar-refractivity contribution in [3.63, 3.8) is 0 Å². The molecule has 11 heavy (non-hydrogen) atoms. The van der Waals surface area contributed by atoms with E-state index in [1.165, 1.54) is 0 Å². The van der Waals surface area contributed by atoms with Crippen LogP contribution < -0.4 is 9.79 Å². The minimum Gasteiger partial charge on any atom is -0.563 e. The summed E-state index contributed by atoms with van der Waals surface area (Å²) in [6.07, 6.45) is 0. The maximum Gasteiger partial charge on any atom is 0.543 e. The average Bonchev–Trinajstić information content (AvgIpc) is 1.62. The van der Waals surface area contributed by atoms with Crippen LogP contribution in [0.5, 0.6) is 0 Å². The van der Waals surface area contributed by atoms with E-state index in [0.29, 0.717) is 0 Å². The predicted molar refractivity (Wildman–Crippen MR) is 29.1 cm³/mol. The number of aliphatic hydroxyl groups excluding tert-OH is 1. The molecule has 0 aromatic rings. The molecular weight excluding hydrogens is 290 g/mol. The van der Waals surface area contributed by atoms with Crippen LogP contribution in [0.25, 0.3) is 0 Å². The molecule has 0 saturated carbocycles. The number of hydrogen-bond acceptors (Lipinski definition) is 6. The smallest absolute Gasteiger partial charge is 0.543 e. The Balaban J connectivity index is -0.000000140. The Hall–Kier alpha value is 0.780. The van der Waals surface area contributed by atoms with Gasteiger partial charge in [0.15, 0.2) is 0 Å². The maximum atomic E-state index is 9.24. The summed E-state index contributed by atoms with van der Waals surface area (Å²) < 4.78 is 21.6. The average molecular weight is 296 g/mol. The quantitative estimate of drug-likeness (QED) is 0.519. The summed E-state index contributed by atoms with van der Waals surface area (Å²) in [5, 5.41) is 7.57. The van der Waals surface area contributed by atoms with Crippen molar-refractivity contribution in [2.24, 2.45) is 0 Å². The van der Waals surface area contributed by atoms with Gasteiger partial charge in [-0.25, -0.2) is 0 Å². The van der Waals surface area contributed by atoms with E-state index in [4.69, 9.17) is 5.11 Å². The monoisotopic (exact) mass is 295 g/mol. The van der Waals surface area contributed by atoms with Gasteiger partial charge in [0.2, 0.25) is 0 Å². The van der Waals surface area contributed by atoms with Gasteiger partial charge in [-0.2, -0.15) is 0 Å². The topological polar surface area (TPSA) is 110 Å². The Labute approximate surface area is 81.0 Å². The third-order valence-corrected chi connectivity index (χ3v) is 1.20. The standard InChI is InChI=1S/C2H6O.Ag.O5P2/c1-2-3;;1-6(2)5-7(3)4/h3H,2H2,1H3;;. The minimum atomic E-state index is -3.24. The molecule has 0 aliphatic heterocycles. The van der Waals surface area contributed by atoms with Crippen molar-refractivity contribution in [3.05, 3.63) is 0 Å². The van der Waals surface area contributed by atoms with Crippen molar-refractivity contribution < 1.29 is 50.7 Å². The van der Waals surface area contributed by atoms with Crippen molar-refractivity contribution in [2.75, 3.05) is 6.61 Å². The van der Waals surface area contributed by atoms with Crippen LogP contribution in [0.15, 0.2) is 0 Å². The molecule has 1 N–H and O–H groups in total. The van der Waals surface area contributed by atoms with Crippen LogP contribution in [0.4, 0.5) is 0 Å². The second-order valence-corrected chi connectivity index (χ2v) is 2.39. The molecule has 0 heterocycles. The fraction of sp³-hybridized carbons (Fsp3) is 1.00. The van der Waals surface area contributed by atoms with E-state index < -0.39 is 16.5 Å². The normalized spacial score (nSPS) is 10.2. The molecule has 2 unspecified atom stereocenters. The van der Waals surface area contributed by atoms with Gasteiger partial charge in [-0.3, -0.25) is 0 Å². The maximum absolute atomic E-state index is 9.24. The van der Waals surface area contributed by atoms with Crippen LogP contribution in [-0.2, 0) is 35.8 Å². The third kappa shape index (κ3) is 36.4. The molecule has 0 rings (SSSR count). The summed E-state index contributed by atoms with van der Waals surface area (Å²) in [6.45, 7) is 1.93. The molecule has 0 fully saturated rings. The molecule has 0 aliphatic carbocycles. The van der Waals surface area contributed by atoms with Crippen LogP contribution in [-0.4, -0.2) is 11.7 Å². The fourth-order valence-electron chi connectivity index (χ4n) is 0.0544. The van der Waals surface area contributed by atoms with Gasteiger partial charge in [-0.15, -0.1) is 0 Å². The molecule has 0 bridgehead atoms. The molecule has 1 radical (unpaired) electrons. The van der Waals surface area contributed by atoms with Crippen LogP contribution in [0.1, 0.15) is 6.92 Å². The molecule has 0 saturated heterocycles. The second-order valence-electron chi connectivity index (χ2n) is 0.845. The van der Waals surface area contributed by atoms with E-state index in [9.17, 15) is 18.9 Å². The van der Waals surface area contributed by atoms with E-state index in [0.717, 1.165) is 0 Å². The van der Waals surface area contributed by atoms with E-state index in [2.05, 4.69) is 4.31 Å². The van der Waals surface area contributed by atoms with Gasteiger partial charge < -0.3 is 14.9 Å². The van der Waals surface area contributed by atoms with Gasteiger partial charge in [0, 0.05) is 29.0 Å².